The molecule has 1 unspecified atom stereocenters. The van der Waals surface area contributed by atoms with Crippen LogP contribution < -0.4 is 10.6 Å². The molecule has 0 aliphatic carbocycles. The Hall–Kier alpha value is -2.02. The summed E-state index contributed by atoms with van der Waals surface area (Å²) in [5.41, 5.74) is 1.70. The molecule has 0 radical (unpaired) electrons. The molecular weight excluding hydrogens is 372 g/mol. The number of anilines is 2. The van der Waals surface area contributed by atoms with Gasteiger partial charge in [-0.15, -0.1) is 11.8 Å². The summed E-state index contributed by atoms with van der Waals surface area (Å²) in [7, 11) is 0. The van der Waals surface area contributed by atoms with E-state index < -0.39 is 0 Å². The molecule has 1 aliphatic heterocycles. The van der Waals surface area contributed by atoms with E-state index >= 15 is 0 Å². The van der Waals surface area contributed by atoms with E-state index in [-0.39, 0.29) is 17.9 Å². The van der Waals surface area contributed by atoms with Gasteiger partial charge in [0.05, 0.1) is 10.6 Å². The molecule has 0 bridgehead atoms. The van der Waals surface area contributed by atoms with Gasteiger partial charge in [0.2, 0.25) is 0 Å². The van der Waals surface area contributed by atoms with Gasteiger partial charge in [0, 0.05) is 22.9 Å². The highest BCUT2D eigenvalue weighted by molar-refractivity contribution is 7.98. The van der Waals surface area contributed by atoms with Crippen LogP contribution >= 0.6 is 23.4 Å². The van der Waals surface area contributed by atoms with Crippen LogP contribution in [0.3, 0.4) is 0 Å². The molecule has 1 atom stereocenters. The van der Waals surface area contributed by atoms with Crippen LogP contribution in [-0.2, 0) is 9.53 Å². The molecule has 2 aromatic carbocycles. The topological polar surface area (TPSA) is 67.4 Å². The zero-order valence-corrected chi connectivity index (χ0v) is 15.8. The van der Waals surface area contributed by atoms with E-state index in [1.54, 1.807) is 48.2 Å². The number of halogens is 1. The number of ether oxygens (including phenoxy) is 1. The second-order valence-electron chi connectivity index (χ2n) is 5.87. The molecule has 1 fully saturated rings. The zero-order valence-electron chi connectivity index (χ0n) is 14.3. The first kappa shape index (κ1) is 18.8. The maximum atomic E-state index is 12.4. The molecule has 1 aliphatic rings. The molecule has 0 spiro atoms. The van der Waals surface area contributed by atoms with Crippen LogP contribution in [0.15, 0.2) is 47.4 Å². The lowest BCUT2D eigenvalue weighted by atomic mass is 10.2. The molecule has 3 rings (SSSR count). The monoisotopic (exact) mass is 390 g/mol. The summed E-state index contributed by atoms with van der Waals surface area (Å²) in [6.07, 6.45) is 3.22. The first-order chi connectivity index (χ1) is 12.6. The summed E-state index contributed by atoms with van der Waals surface area (Å²) in [6.45, 7) is 0.628. The van der Waals surface area contributed by atoms with Crippen LogP contribution in [0.1, 0.15) is 23.2 Å². The summed E-state index contributed by atoms with van der Waals surface area (Å²) < 4.78 is 5.36. The molecule has 2 aromatic rings. The highest BCUT2D eigenvalue weighted by Gasteiger charge is 2.23. The minimum absolute atomic E-state index is 0.139. The van der Waals surface area contributed by atoms with E-state index in [4.69, 9.17) is 16.3 Å². The van der Waals surface area contributed by atoms with Crippen molar-refractivity contribution in [3.63, 3.8) is 0 Å². The Morgan fingerprint density at radius 3 is 2.42 bits per heavy atom. The number of hydrogen-bond acceptors (Lipinski definition) is 4. The number of hydrogen-bond donors (Lipinski definition) is 2. The summed E-state index contributed by atoms with van der Waals surface area (Å²) in [5, 5.41) is 6.04. The summed E-state index contributed by atoms with van der Waals surface area (Å²) in [4.78, 5) is 25.5. The zero-order chi connectivity index (χ0) is 18.5. The van der Waals surface area contributed by atoms with Crippen LogP contribution in [0, 0.1) is 0 Å². The Balaban J connectivity index is 1.63. The number of amides is 2. The minimum Gasteiger partial charge on any atom is -0.368 e. The highest BCUT2D eigenvalue weighted by Crippen LogP contribution is 2.24. The summed E-state index contributed by atoms with van der Waals surface area (Å²) in [6, 6.07) is 12.3. The lowest BCUT2D eigenvalue weighted by Crippen LogP contribution is -2.26. The number of benzene rings is 2. The van der Waals surface area contributed by atoms with Crippen molar-refractivity contribution < 1.29 is 14.3 Å². The molecule has 1 saturated heterocycles. The van der Waals surface area contributed by atoms with Gasteiger partial charge in [-0.25, -0.2) is 0 Å². The SMILES string of the molecule is CSc1ccc(Cl)c(C(=O)Nc2ccc(NC(=O)C3CCCO3)cc2)c1. The first-order valence-electron chi connectivity index (χ1n) is 8.24. The molecule has 7 heteroatoms. The van der Waals surface area contributed by atoms with E-state index in [1.807, 2.05) is 12.3 Å². The molecular formula is C19H19ClN2O3S. The number of nitrogens with one attached hydrogen (secondary N) is 2. The fourth-order valence-corrected chi connectivity index (χ4v) is 3.29. The Morgan fingerprint density at radius 1 is 1.12 bits per heavy atom. The molecule has 2 amide bonds. The van der Waals surface area contributed by atoms with Gasteiger partial charge >= 0.3 is 0 Å². The predicted octanol–water partition coefficient (Wildman–Crippen LogP) is 4.43. The first-order valence-corrected chi connectivity index (χ1v) is 9.84. The van der Waals surface area contributed by atoms with Crippen molar-refractivity contribution in [3.8, 4) is 0 Å². The van der Waals surface area contributed by atoms with Crippen molar-refractivity contribution in [1.29, 1.82) is 0 Å². The maximum Gasteiger partial charge on any atom is 0.257 e. The van der Waals surface area contributed by atoms with E-state index in [0.717, 1.165) is 17.7 Å². The van der Waals surface area contributed by atoms with Gasteiger partial charge in [-0.1, -0.05) is 11.6 Å². The molecule has 0 aromatic heterocycles. The van der Waals surface area contributed by atoms with Crippen LogP contribution in [0.25, 0.3) is 0 Å². The maximum absolute atomic E-state index is 12.4. The normalized spacial score (nSPS) is 16.3. The summed E-state index contributed by atoms with van der Waals surface area (Å²) >= 11 is 7.67. The van der Waals surface area contributed by atoms with Gasteiger partial charge in [-0.3, -0.25) is 9.59 Å². The van der Waals surface area contributed by atoms with E-state index in [9.17, 15) is 9.59 Å². The lowest BCUT2D eigenvalue weighted by Gasteiger charge is -2.11. The third-order valence-electron chi connectivity index (χ3n) is 4.05. The van der Waals surface area contributed by atoms with Crippen molar-refractivity contribution in [1.82, 2.24) is 0 Å². The number of thioether (sulfide) groups is 1. The minimum atomic E-state index is -0.375. The lowest BCUT2D eigenvalue weighted by molar-refractivity contribution is -0.124. The number of carbonyl (C=O) groups excluding carboxylic acids is 2. The average molecular weight is 391 g/mol. The van der Waals surface area contributed by atoms with Crippen molar-refractivity contribution in [2.75, 3.05) is 23.5 Å². The quantitative estimate of drug-likeness (QED) is 0.741. The molecule has 136 valence electrons. The second kappa shape index (κ2) is 8.58. The molecule has 2 N–H and O–H groups in total. The van der Waals surface area contributed by atoms with E-state index in [1.165, 1.54) is 0 Å². The van der Waals surface area contributed by atoms with Crippen LogP contribution in [0.2, 0.25) is 5.02 Å². The predicted molar refractivity (Wildman–Crippen MR) is 105 cm³/mol. The van der Waals surface area contributed by atoms with Crippen molar-refractivity contribution in [3.05, 3.63) is 53.1 Å². The smallest absolute Gasteiger partial charge is 0.257 e. The molecule has 26 heavy (non-hydrogen) atoms. The fraction of sp³-hybridized carbons (Fsp3) is 0.263. The van der Waals surface area contributed by atoms with Gasteiger partial charge in [-0.05, 0) is 61.6 Å². The Labute approximate surface area is 161 Å². The number of carbonyl (C=O) groups is 2. The summed E-state index contributed by atoms with van der Waals surface area (Å²) in [5.74, 6) is -0.415. The standard InChI is InChI=1S/C19H19ClN2O3S/c1-26-14-8-9-16(20)15(11-14)18(23)21-12-4-6-13(7-5-12)22-19(24)17-3-2-10-25-17/h4-9,11,17H,2-3,10H2,1H3,(H,21,23)(H,22,24). The average Bonchev–Trinajstić information content (AvgIpc) is 3.18. The van der Waals surface area contributed by atoms with E-state index in [2.05, 4.69) is 10.6 Å². The number of rotatable bonds is 5. The van der Waals surface area contributed by atoms with Gasteiger partial charge in [0.15, 0.2) is 0 Å². The van der Waals surface area contributed by atoms with Crippen molar-refractivity contribution in [2.24, 2.45) is 0 Å². The molecule has 0 saturated carbocycles. The van der Waals surface area contributed by atoms with Gasteiger partial charge in [0.25, 0.3) is 11.8 Å². The third kappa shape index (κ3) is 4.58. The van der Waals surface area contributed by atoms with Crippen LogP contribution in [-0.4, -0.2) is 30.8 Å². The van der Waals surface area contributed by atoms with Gasteiger partial charge in [-0.2, -0.15) is 0 Å². The Bertz CT molecular complexity index is 805. The third-order valence-corrected chi connectivity index (χ3v) is 5.11. The van der Waals surface area contributed by atoms with E-state index in [0.29, 0.717) is 28.6 Å². The van der Waals surface area contributed by atoms with Gasteiger partial charge < -0.3 is 15.4 Å². The van der Waals surface area contributed by atoms with Crippen LogP contribution in [0.4, 0.5) is 11.4 Å². The van der Waals surface area contributed by atoms with Gasteiger partial charge in [0.1, 0.15) is 6.10 Å². The Morgan fingerprint density at radius 2 is 1.81 bits per heavy atom. The molecule has 5 nitrogen and oxygen atoms in total. The Kier molecular flexibility index (Phi) is 6.19. The van der Waals surface area contributed by atoms with Crippen molar-refractivity contribution in [2.45, 2.75) is 23.8 Å². The fourth-order valence-electron chi connectivity index (χ4n) is 2.65. The highest BCUT2D eigenvalue weighted by atomic mass is 35.5. The second-order valence-corrected chi connectivity index (χ2v) is 7.16. The molecule has 1 heterocycles. The van der Waals surface area contributed by atoms with Crippen LogP contribution in [0.5, 0.6) is 0 Å². The van der Waals surface area contributed by atoms with Crippen molar-refractivity contribution >= 4 is 46.6 Å². The largest absolute Gasteiger partial charge is 0.368 e.